The zero-order chi connectivity index (χ0) is 29.4. The summed E-state index contributed by atoms with van der Waals surface area (Å²) in [7, 11) is 0. The van der Waals surface area contributed by atoms with Gasteiger partial charge in [-0.05, 0) is 55.6 Å². The van der Waals surface area contributed by atoms with Gasteiger partial charge in [-0.15, -0.1) is 0 Å². The van der Waals surface area contributed by atoms with E-state index in [1.54, 1.807) is 12.4 Å². The molecule has 2 atom stereocenters. The van der Waals surface area contributed by atoms with Gasteiger partial charge < -0.3 is 10.6 Å². The fraction of sp³-hybridized carbons (Fsp3) is 0.630. The molecular formula is C27H34F4N8O2. The number of carbonyl (C=O) groups is 2. The number of nitrogens with zero attached hydrogens (tertiary/aromatic N) is 6. The summed E-state index contributed by atoms with van der Waals surface area (Å²) in [6.45, 7) is 1.81. The van der Waals surface area contributed by atoms with Gasteiger partial charge >= 0.3 is 0 Å². The maximum atomic E-state index is 14.0. The molecule has 0 aromatic carbocycles. The molecule has 0 saturated heterocycles. The van der Waals surface area contributed by atoms with E-state index in [-0.39, 0.29) is 49.4 Å². The second-order valence-corrected chi connectivity index (χ2v) is 11.3. The van der Waals surface area contributed by atoms with Crippen LogP contribution in [0.4, 0.5) is 17.6 Å². The average molecular weight is 579 g/mol. The topological polar surface area (TPSA) is 119 Å². The zero-order valence-electron chi connectivity index (χ0n) is 23.0. The summed E-state index contributed by atoms with van der Waals surface area (Å²) in [4.78, 5) is 34.1. The predicted octanol–water partition coefficient (Wildman–Crippen LogP) is 4.64. The molecule has 2 aliphatic rings. The summed E-state index contributed by atoms with van der Waals surface area (Å²) in [5.74, 6) is -7.06. The van der Waals surface area contributed by atoms with Crippen LogP contribution in [-0.4, -0.2) is 53.0 Å². The molecule has 3 heterocycles. The first-order valence-corrected chi connectivity index (χ1v) is 14.0. The Balaban J connectivity index is 1.43. The van der Waals surface area contributed by atoms with Gasteiger partial charge in [-0.25, -0.2) is 36.7 Å². The lowest BCUT2D eigenvalue weighted by molar-refractivity contribution is -0.122. The van der Waals surface area contributed by atoms with E-state index in [1.165, 1.54) is 4.52 Å². The van der Waals surface area contributed by atoms with Crippen molar-refractivity contribution in [3.63, 3.8) is 0 Å². The van der Waals surface area contributed by atoms with Gasteiger partial charge in [-0.2, -0.15) is 10.2 Å². The Bertz CT molecular complexity index is 1390. The number of hydrogen-bond acceptors (Lipinski definition) is 6. The highest BCUT2D eigenvalue weighted by molar-refractivity contribution is 5.90. The van der Waals surface area contributed by atoms with Gasteiger partial charge in [0.1, 0.15) is 12.9 Å². The van der Waals surface area contributed by atoms with Crippen molar-refractivity contribution in [3.8, 4) is 0 Å². The minimum absolute atomic E-state index is 0.0288. The second kappa shape index (κ2) is 11.4. The molecule has 2 saturated carbocycles. The highest BCUT2D eigenvalue weighted by atomic mass is 19.3. The van der Waals surface area contributed by atoms with Crippen LogP contribution in [0.3, 0.4) is 0 Å². The summed E-state index contributed by atoms with van der Waals surface area (Å²) in [5.41, 5.74) is 1.69. The summed E-state index contributed by atoms with van der Waals surface area (Å²) < 4.78 is 57.7. The number of nitrogens with one attached hydrogen (secondary N) is 2. The predicted molar refractivity (Wildman–Crippen MR) is 139 cm³/mol. The van der Waals surface area contributed by atoms with Crippen LogP contribution in [0.2, 0.25) is 0 Å². The van der Waals surface area contributed by atoms with E-state index in [0.717, 1.165) is 35.8 Å². The quantitative estimate of drug-likeness (QED) is 0.320. The minimum Gasteiger partial charge on any atom is -0.349 e. The Morgan fingerprint density at radius 2 is 1.80 bits per heavy atom. The van der Waals surface area contributed by atoms with Crippen molar-refractivity contribution >= 4 is 17.5 Å². The maximum Gasteiger partial charge on any atom is 0.289 e. The van der Waals surface area contributed by atoms with Crippen LogP contribution in [0, 0.1) is 11.8 Å². The number of aromatic nitrogens is 6. The molecule has 2 aliphatic carbocycles. The van der Waals surface area contributed by atoms with Crippen molar-refractivity contribution in [1.82, 2.24) is 40.0 Å². The van der Waals surface area contributed by atoms with Gasteiger partial charge in [-0.3, -0.25) is 9.59 Å². The summed E-state index contributed by atoms with van der Waals surface area (Å²) >= 11 is 0. The van der Waals surface area contributed by atoms with E-state index < -0.39 is 30.3 Å². The molecular weight excluding hydrogens is 544 g/mol. The van der Waals surface area contributed by atoms with E-state index in [4.69, 9.17) is 4.98 Å². The van der Waals surface area contributed by atoms with Crippen molar-refractivity contribution < 1.29 is 27.2 Å². The smallest absolute Gasteiger partial charge is 0.289 e. The number of fused-ring (bicyclic) bond motifs is 1. The molecule has 222 valence electrons. The third kappa shape index (κ3) is 7.02. The Morgan fingerprint density at radius 3 is 2.46 bits per heavy atom. The third-order valence-electron chi connectivity index (χ3n) is 7.69. The first-order valence-electron chi connectivity index (χ1n) is 14.0. The monoisotopic (exact) mass is 578 g/mol. The van der Waals surface area contributed by atoms with Crippen molar-refractivity contribution in [1.29, 1.82) is 0 Å². The van der Waals surface area contributed by atoms with Crippen molar-refractivity contribution in [2.45, 2.75) is 95.7 Å². The lowest BCUT2D eigenvalue weighted by Gasteiger charge is -2.33. The maximum absolute atomic E-state index is 14.0. The molecule has 0 aliphatic heterocycles. The van der Waals surface area contributed by atoms with E-state index in [2.05, 4.69) is 25.8 Å². The van der Waals surface area contributed by atoms with E-state index >= 15 is 0 Å². The minimum atomic E-state index is -3.13. The number of carbonyl (C=O) groups excluding carboxylic acids is 2. The molecule has 0 spiro atoms. The fourth-order valence-electron chi connectivity index (χ4n) is 5.46. The van der Waals surface area contributed by atoms with E-state index in [0.29, 0.717) is 30.6 Å². The summed E-state index contributed by atoms with van der Waals surface area (Å²) in [5, 5.41) is 14.1. The third-order valence-corrected chi connectivity index (χ3v) is 7.69. The second-order valence-electron chi connectivity index (χ2n) is 11.3. The fourth-order valence-corrected chi connectivity index (χ4v) is 5.46. The SMILES string of the molecule is CCCC(=O)N[C@@H](c1cnn2cc([C@@H](NC(=O)c3ncnn3CC(C)(F)F)C3CCC(F)(F)CC3)nc2c1)C1CC1. The first kappa shape index (κ1) is 28.9. The van der Waals surface area contributed by atoms with Gasteiger partial charge in [0.2, 0.25) is 17.7 Å². The summed E-state index contributed by atoms with van der Waals surface area (Å²) in [6.07, 6.45) is 7.08. The van der Waals surface area contributed by atoms with Crippen LogP contribution < -0.4 is 10.6 Å². The van der Waals surface area contributed by atoms with Gasteiger partial charge in [0.15, 0.2) is 5.65 Å². The lowest BCUT2D eigenvalue weighted by atomic mass is 9.81. The van der Waals surface area contributed by atoms with Crippen molar-refractivity contribution in [3.05, 3.63) is 41.9 Å². The van der Waals surface area contributed by atoms with Crippen LogP contribution in [0.15, 0.2) is 24.8 Å². The van der Waals surface area contributed by atoms with Gasteiger partial charge in [0.25, 0.3) is 11.8 Å². The van der Waals surface area contributed by atoms with Crippen LogP contribution in [0.25, 0.3) is 5.65 Å². The van der Waals surface area contributed by atoms with Crippen LogP contribution in [0.5, 0.6) is 0 Å². The number of imidazole rings is 1. The molecule has 5 rings (SSSR count). The largest absolute Gasteiger partial charge is 0.349 e. The molecule has 2 fully saturated rings. The number of halogens is 4. The highest BCUT2D eigenvalue weighted by Gasteiger charge is 2.40. The molecule has 0 radical (unpaired) electrons. The van der Waals surface area contributed by atoms with Gasteiger partial charge in [0, 0.05) is 26.2 Å². The average Bonchev–Trinajstić information content (AvgIpc) is 3.49. The molecule has 3 aromatic heterocycles. The van der Waals surface area contributed by atoms with E-state index in [9.17, 15) is 27.2 Å². The Morgan fingerprint density at radius 1 is 1.10 bits per heavy atom. The number of amides is 2. The highest BCUT2D eigenvalue weighted by Crippen LogP contribution is 2.42. The molecule has 0 unspecified atom stereocenters. The standard InChI is InChI=1S/C27H34F4N8O2/c1-3-4-21(40)36-22(16-5-6-16)18-11-20-35-19(13-38(20)33-12-18)23(17-7-9-27(30,31)10-8-17)37-25(41)24-32-15-34-39(24)14-26(2,28)29/h11-13,15-17,22-23H,3-10,14H2,1-2H3,(H,36,40)(H,37,41)/t22-,23+/m1/s1. The van der Waals surface area contributed by atoms with Crippen LogP contribution in [-0.2, 0) is 11.3 Å². The summed E-state index contributed by atoms with van der Waals surface area (Å²) in [6, 6.07) is 0.852. The molecule has 2 amide bonds. The van der Waals surface area contributed by atoms with Crippen molar-refractivity contribution in [2.75, 3.05) is 0 Å². The van der Waals surface area contributed by atoms with Crippen LogP contribution in [0.1, 0.15) is 99.2 Å². The Labute approximate surface area is 234 Å². The number of rotatable bonds is 11. The molecule has 0 bridgehead atoms. The van der Waals surface area contributed by atoms with Crippen molar-refractivity contribution in [2.24, 2.45) is 11.8 Å². The molecule has 10 nitrogen and oxygen atoms in total. The number of alkyl halides is 4. The van der Waals surface area contributed by atoms with E-state index in [1.807, 2.05) is 13.0 Å². The first-order chi connectivity index (χ1) is 19.4. The van der Waals surface area contributed by atoms with Gasteiger partial charge in [-0.1, -0.05) is 6.92 Å². The van der Waals surface area contributed by atoms with Crippen LogP contribution >= 0.6 is 0 Å². The normalized spacial score (nSPS) is 19.2. The Kier molecular flexibility index (Phi) is 8.02. The molecule has 14 heteroatoms. The molecule has 2 N–H and O–H groups in total. The number of hydrogen-bond donors (Lipinski definition) is 2. The lowest BCUT2D eigenvalue weighted by Crippen LogP contribution is -2.38. The molecule has 3 aromatic rings. The zero-order valence-corrected chi connectivity index (χ0v) is 23.0. The molecule has 41 heavy (non-hydrogen) atoms. The van der Waals surface area contributed by atoms with Gasteiger partial charge in [0.05, 0.1) is 30.2 Å². The Hall–Kier alpha value is -3.58.